The van der Waals surface area contributed by atoms with Crippen LogP contribution in [0.1, 0.15) is 11.1 Å². The number of hydrogen-bond donors (Lipinski definition) is 2. The summed E-state index contributed by atoms with van der Waals surface area (Å²) in [6.07, 6.45) is 5.07. The van der Waals surface area contributed by atoms with E-state index in [1.165, 1.54) is 12.1 Å². The highest BCUT2D eigenvalue weighted by Crippen LogP contribution is 2.37. The molecule has 1 heterocycles. The van der Waals surface area contributed by atoms with Crippen LogP contribution in [0.2, 0.25) is 0 Å². The first-order chi connectivity index (χ1) is 12.1. The van der Waals surface area contributed by atoms with Crippen LogP contribution < -0.4 is 4.74 Å². The standard InChI is InChI=1S/C20H12N2O3/c21-11-14(12-22)18-10-17(7-3-13-1-4-15(23)5-2-13)25-20-8-6-16(24)9-19(18)20/h1-10,23-24H/b7-3+. The van der Waals surface area contributed by atoms with E-state index in [4.69, 9.17) is 4.74 Å². The Morgan fingerprint density at radius 1 is 0.920 bits per heavy atom. The Morgan fingerprint density at radius 3 is 2.28 bits per heavy atom. The zero-order valence-corrected chi connectivity index (χ0v) is 13.0. The predicted molar refractivity (Wildman–Crippen MR) is 92.1 cm³/mol. The van der Waals surface area contributed by atoms with Crippen molar-refractivity contribution in [3.8, 4) is 29.4 Å². The van der Waals surface area contributed by atoms with Crippen molar-refractivity contribution in [3.05, 3.63) is 77.1 Å². The summed E-state index contributed by atoms with van der Waals surface area (Å²) in [4.78, 5) is 0. The van der Waals surface area contributed by atoms with Gasteiger partial charge >= 0.3 is 0 Å². The average Bonchev–Trinajstić information content (AvgIpc) is 2.62. The third-order valence-electron chi connectivity index (χ3n) is 3.59. The highest BCUT2D eigenvalue weighted by atomic mass is 16.5. The van der Waals surface area contributed by atoms with Crippen molar-refractivity contribution in [3.63, 3.8) is 0 Å². The van der Waals surface area contributed by atoms with Crippen molar-refractivity contribution in [1.29, 1.82) is 10.5 Å². The van der Waals surface area contributed by atoms with E-state index in [0.29, 0.717) is 22.6 Å². The maximum Gasteiger partial charge on any atom is 0.137 e. The number of fused-ring (bicyclic) bond motifs is 1. The fraction of sp³-hybridized carbons (Fsp3) is 0. The van der Waals surface area contributed by atoms with Crippen LogP contribution in [0.4, 0.5) is 0 Å². The normalized spacial score (nSPS) is 12.6. The summed E-state index contributed by atoms with van der Waals surface area (Å²) in [6, 6.07) is 14.9. The first-order valence-corrected chi connectivity index (χ1v) is 7.35. The van der Waals surface area contributed by atoms with E-state index < -0.39 is 0 Å². The molecule has 0 aromatic heterocycles. The molecule has 0 fully saturated rings. The van der Waals surface area contributed by atoms with Crippen molar-refractivity contribution in [2.75, 3.05) is 0 Å². The van der Waals surface area contributed by atoms with Gasteiger partial charge in [-0.2, -0.15) is 10.5 Å². The molecule has 0 aliphatic carbocycles. The van der Waals surface area contributed by atoms with Crippen LogP contribution in [0.15, 0.2) is 65.9 Å². The van der Waals surface area contributed by atoms with Gasteiger partial charge in [0.05, 0.1) is 0 Å². The van der Waals surface area contributed by atoms with Crippen molar-refractivity contribution >= 4 is 11.6 Å². The van der Waals surface area contributed by atoms with E-state index in [1.54, 1.807) is 48.6 Å². The zero-order chi connectivity index (χ0) is 17.8. The summed E-state index contributed by atoms with van der Waals surface area (Å²) in [6.45, 7) is 0. The van der Waals surface area contributed by atoms with Crippen molar-refractivity contribution in [2.24, 2.45) is 0 Å². The molecule has 0 saturated carbocycles. The SMILES string of the molecule is N#CC(C#N)=C1C=C(/C=C/c2ccc(O)cc2)Oc2ccc(O)cc21. The summed E-state index contributed by atoms with van der Waals surface area (Å²) in [5.74, 6) is 1.09. The minimum atomic E-state index is -0.0642. The van der Waals surface area contributed by atoms with E-state index >= 15 is 0 Å². The number of hydrogen-bond acceptors (Lipinski definition) is 5. The quantitative estimate of drug-likeness (QED) is 0.815. The molecule has 0 spiro atoms. The van der Waals surface area contributed by atoms with Gasteiger partial charge in [0.25, 0.3) is 0 Å². The molecule has 5 heteroatoms. The van der Waals surface area contributed by atoms with Crippen molar-refractivity contribution in [1.82, 2.24) is 0 Å². The molecule has 0 atom stereocenters. The third kappa shape index (κ3) is 3.36. The zero-order valence-electron chi connectivity index (χ0n) is 13.0. The van der Waals surface area contributed by atoms with Crippen LogP contribution in [0.25, 0.3) is 11.6 Å². The van der Waals surface area contributed by atoms with Crippen LogP contribution in [0.3, 0.4) is 0 Å². The molecule has 2 aromatic rings. The second-order valence-corrected chi connectivity index (χ2v) is 5.27. The van der Waals surface area contributed by atoms with Crippen LogP contribution in [-0.2, 0) is 0 Å². The highest BCUT2D eigenvalue weighted by Gasteiger charge is 2.19. The van der Waals surface area contributed by atoms with Gasteiger partial charge in [-0.1, -0.05) is 18.2 Å². The molecule has 2 aromatic carbocycles. The molecule has 0 unspecified atom stereocenters. The summed E-state index contributed by atoms with van der Waals surface area (Å²) >= 11 is 0. The second-order valence-electron chi connectivity index (χ2n) is 5.27. The van der Waals surface area contributed by atoms with Crippen LogP contribution in [0, 0.1) is 22.7 Å². The smallest absolute Gasteiger partial charge is 0.137 e. The summed E-state index contributed by atoms with van der Waals surface area (Å²) in [5.41, 5.74) is 1.67. The number of phenols is 2. The first-order valence-electron chi connectivity index (χ1n) is 7.35. The van der Waals surface area contributed by atoms with Crippen LogP contribution in [0.5, 0.6) is 17.2 Å². The van der Waals surface area contributed by atoms with Gasteiger partial charge in [-0.15, -0.1) is 0 Å². The van der Waals surface area contributed by atoms with Gasteiger partial charge in [-0.05, 0) is 48.0 Å². The lowest BCUT2D eigenvalue weighted by molar-refractivity contribution is 0.434. The molecule has 1 aliphatic rings. The van der Waals surface area contributed by atoms with Crippen molar-refractivity contribution < 1.29 is 14.9 Å². The molecule has 0 bridgehead atoms. The van der Waals surface area contributed by atoms with Gasteiger partial charge in [0.2, 0.25) is 0 Å². The first kappa shape index (κ1) is 15.9. The molecule has 120 valence electrons. The Kier molecular flexibility index (Phi) is 4.24. The van der Waals surface area contributed by atoms with E-state index in [0.717, 1.165) is 5.56 Å². The maximum atomic E-state index is 9.67. The Morgan fingerprint density at radius 2 is 1.60 bits per heavy atom. The monoisotopic (exact) mass is 328 g/mol. The lowest BCUT2D eigenvalue weighted by Gasteiger charge is -2.18. The number of rotatable bonds is 2. The van der Waals surface area contributed by atoms with Gasteiger partial charge in [0.15, 0.2) is 0 Å². The fourth-order valence-corrected chi connectivity index (χ4v) is 2.39. The van der Waals surface area contributed by atoms with Crippen molar-refractivity contribution in [2.45, 2.75) is 0 Å². The lowest BCUT2D eigenvalue weighted by Crippen LogP contribution is -2.03. The number of aromatic hydroxyl groups is 2. The van der Waals surface area contributed by atoms with Gasteiger partial charge < -0.3 is 14.9 Å². The molecule has 5 nitrogen and oxygen atoms in total. The predicted octanol–water partition coefficient (Wildman–Crippen LogP) is 3.89. The van der Waals surface area contributed by atoms with Gasteiger partial charge in [0, 0.05) is 11.1 Å². The minimum Gasteiger partial charge on any atom is -0.508 e. The number of nitrogens with zero attached hydrogens (tertiary/aromatic N) is 2. The number of benzene rings is 2. The van der Waals surface area contributed by atoms with Gasteiger partial charge in [-0.25, -0.2) is 0 Å². The topological polar surface area (TPSA) is 97.3 Å². The molecule has 25 heavy (non-hydrogen) atoms. The summed E-state index contributed by atoms with van der Waals surface area (Å²) < 4.78 is 5.76. The van der Waals surface area contributed by atoms with E-state index in [9.17, 15) is 20.7 Å². The molecular formula is C20H12N2O3. The molecule has 0 radical (unpaired) electrons. The Balaban J connectivity index is 2.04. The summed E-state index contributed by atoms with van der Waals surface area (Å²) in [5, 5.41) is 37.4. The summed E-state index contributed by atoms with van der Waals surface area (Å²) in [7, 11) is 0. The molecular weight excluding hydrogens is 316 g/mol. The van der Waals surface area contributed by atoms with E-state index in [2.05, 4.69) is 0 Å². The molecule has 1 aliphatic heterocycles. The minimum absolute atomic E-state index is 0.0200. The Bertz CT molecular complexity index is 985. The molecule has 2 N–H and O–H groups in total. The number of phenolic OH excluding ortho intramolecular Hbond substituents is 2. The third-order valence-corrected chi connectivity index (χ3v) is 3.59. The van der Waals surface area contributed by atoms with E-state index in [1.807, 2.05) is 12.1 Å². The van der Waals surface area contributed by atoms with Crippen LogP contribution in [-0.4, -0.2) is 10.2 Å². The van der Waals surface area contributed by atoms with Crippen LogP contribution >= 0.6 is 0 Å². The average molecular weight is 328 g/mol. The molecule has 0 amide bonds. The fourth-order valence-electron chi connectivity index (χ4n) is 2.39. The Labute approximate surface area is 144 Å². The van der Waals surface area contributed by atoms with Gasteiger partial charge in [-0.3, -0.25) is 0 Å². The molecule has 0 saturated heterocycles. The lowest BCUT2D eigenvalue weighted by atomic mass is 9.97. The Hall–Kier alpha value is -3.96. The maximum absolute atomic E-state index is 9.67. The number of nitriles is 2. The molecule has 3 rings (SSSR count). The second kappa shape index (κ2) is 6.66. The van der Waals surface area contributed by atoms with Gasteiger partial charge in [0.1, 0.15) is 40.7 Å². The highest BCUT2D eigenvalue weighted by molar-refractivity contribution is 5.87. The largest absolute Gasteiger partial charge is 0.508 e. The number of ether oxygens (including phenoxy) is 1. The van der Waals surface area contributed by atoms with E-state index in [-0.39, 0.29) is 17.1 Å². The number of allylic oxidation sites excluding steroid dienone is 4.